The third kappa shape index (κ3) is 3.60. The Kier molecular flexibility index (Phi) is 5.18. The number of aliphatic hydroxyl groups is 1. The van der Waals surface area contributed by atoms with Crippen molar-refractivity contribution in [3.63, 3.8) is 0 Å². The Morgan fingerprint density at radius 1 is 1.05 bits per heavy atom. The first-order valence-corrected chi connectivity index (χ1v) is 7.19. The third-order valence-corrected chi connectivity index (χ3v) is 4.03. The predicted octanol–water partition coefficient (Wildman–Crippen LogP) is 3.58. The van der Waals surface area contributed by atoms with Crippen LogP contribution in [0.2, 0.25) is 5.02 Å². The van der Waals surface area contributed by atoms with Gasteiger partial charge in [-0.1, -0.05) is 67.1 Å². The second kappa shape index (κ2) is 6.89. The van der Waals surface area contributed by atoms with Crippen LogP contribution in [0.3, 0.4) is 0 Å². The second-order valence-corrected chi connectivity index (χ2v) is 5.61. The molecule has 0 saturated heterocycles. The summed E-state index contributed by atoms with van der Waals surface area (Å²) in [5.74, 6) is 0.130. The minimum absolute atomic E-state index is 0.130. The van der Waals surface area contributed by atoms with Gasteiger partial charge in [0.25, 0.3) is 0 Å². The highest BCUT2D eigenvalue weighted by Gasteiger charge is 2.23. The van der Waals surface area contributed by atoms with Crippen molar-refractivity contribution >= 4 is 11.6 Å². The molecular weight excluding hydrogens is 270 g/mol. The Bertz CT molecular complexity index is 544. The molecule has 0 fully saturated rings. The molecule has 0 radical (unpaired) electrons. The summed E-state index contributed by atoms with van der Waals surface area (Å²) < 4.78 is 0. The standard InChI is InChI=1S/C17H20ClNO/c1-12(11-14-9-5-6-10-15(14)18)16(19)17(20)13-7-3-2-4-8-13/h2-10,12,16-17,20H,11,19H2,1H3/t12?,16-,17-/m1/s1. The SMILES string of the molecule is CC(Cc1ccccc1Cl)[C@@H](N)[C@H](O)c1ccccc1. The van der Waals surface area contributed by atoms with Gasteiger partial charge in [0, 0.05) is 11.1 Å². The molecule has 2 aromatic carbocycles. The van der Waals surface area contributed by atoms with E-state index in [1.807, 2.05) is 61.5 Å². The van der Waals surface area contributed by atoms with Crippen LogP contribution in [0.15, 0.2) is 54.6 Å². The van der Waals surface area contributed by atoms with Crippen LogP contribution in [0.5, 0.6) is 0 Å². The van der Waals surface area contributed by atoms with Crippen molar-refractivity contribution in [3.05, 3.63) is 70.7 Å². The third-order valence-electron chi connectivity index (χ3n) is 3.66. The molecule has 3 atom stereocenters. The van der Waals surface area contributed by atoms with Gasteiger partial charge < -0.3 is 10.8 Å². The van der Waals surface area contributed by atoms with Crippen LogP contribution < -0.4 is 5.73 Å². The van der Waals surface area contributed by atoms with Crippen molar-refractivity contribution in [3.8, 4) is 0 Å². The van der Waals surface area contributed by atoms with Gasteiger partial charge in [-0.25, -0.2) is 0 Å². The minimum atomic E-state index is -0.659. The van der Waals surface area contributed by atoms with Crippen molar-refractivity contribution in [2.45, 2.75) is 25.5 Å². The van der Waals surface area contributed by atoms with Gasteiger partial charge >= 0.3 is 0 Å². The molecule has 106 valence electrons. The van der Waals surface area contributed by atoms with E-state index in [-0.39, 0.29) is 12.0 Å². The lowest BCUT2D eigenvalue weighted by Crippen LogP contribution is -2.36. The average Bonchev–Trinajstić information content (AvgIpc) is 2.49. The highest BCUT2D eigenvalue weighted by molar-refractivity contribution is 6.31. The maximum absolute atomic E-state index is 10.3. The van der Waals surface area contributed by atoms with E-state index in [2.05, 4.69) is 0 Å². The Morgan fingerprint density at radius 3 is 2.30 bits per heavy atom. The number of benzene rings is 2. The Labute approximate surface area is 125 Å². The zero-order chi connectivity index (χ0) is 14.5. The summed E-state index contributed by atoms with van der Waals surface area (Å²) in [7, 11) is 0. The van der Waals surface area contributed by atoms with Crippen molar-refractivity contribution in [1.29, 1.82) is 0 Å². The van der Waals surface area contributed by atoms with Crippen molar-refractivity contribution in [2.75, 3.05) is 0 Å². The number of rotatable bonds is 5. The molecule has 2 aromatic rings. The first-order chi connectivity index (χ1) is 9.59. The van der Waals surface area contributed by atoms with Crippen molar-refractivity contribution in [1.82, 2.24) is 0 Å². The fourth-order valence-electron chi connectivity index (χ4n) is 2.33. The van der Waals surface area contributed by atoms with E-state index in [0.29, 0.717) is 0 Å². The van der Waals surface area contributed by atoms with Gasteiger partial charge in [-0.2, -0.15) is 0 Å². The molecule has 0 bridgehead atoms. The van der Waals surface area contributed by atoms with Crippen molar-refractivity contribution in [2.24, 2.45) is 11.7 Å². The largest absolute Gasteiger partial charge is 0.387 e. The summed E-state index contributed by atoms with van der Waals surface area (Å²) >= 11 is 6.17. The van der Waals surface area contributed by atoms with E-state index in [4.69, 9.17) is 17.3 Å². The molecule has 0 aliphatic carbocycles. The van der Waals surface area contributed by atoms with Crippen LogP contribution in [-0.4, -0.2) is 11.1 Å². The molecule has 20 heavy (non-hydrogen) atoms. The number of hydrogen-bond donors (Lipinski definition) is 2. The summed E-state index contributed by atoms with van der Waals surface area (Å²) in [6.07, 6.45) is 0.0961. The molecular formula is C17H20ClNO. The monoisotopic (exact) mass is 289 g/mol. The molecule has 0 aliphatic heterocycles. The normalized spacial score (nSPS) is 15.6. The van der Waals surface area contributed by atoms with Gasteiger partial charge in [0.2, 0.25) is 0 Å². The molecule has 3 heteroatoms. The van der Waals surface area contributed by atoms with Gasteiger partial charge in [0.05, 0.1) is 6.10 Å². The van der Waals surface area contributed by atoms with Crippen LogP contribution >= 0.6 is 11.6 Å². The molecule has 0 heterocycles. The number of halogens is 1. The number of aliphatic hydroxyl groups excluding tert-OH is 1. The van der Waals surface area contributed by atoms with Gasteiger partial charge in [0.1, 0.15) is 0 Å². The Hall–Kier alpha value is -1.35. The fourth-order valence-corrected chi connectivity index (χ4v) is 2.54. The molecule has 2 nitrogen and oxygen atoms in total. The molecule has 0 amide bonds. The fraction of sp³-hybridized carbons (Fsp3) is 0.294. The van der Waals surface area contributed by atoms with E-state index in [0.717, 1.165) is 22.6 Å². The first-order valence-electron chi connectivity index (χ1n) is 6.81. The zero-order valence-corrected chi connectivity index (χ0v) is 12.3. The highest BCUT2D eigenvalue weighted by atomic mass is 35.5. The molecule has 0 spiro atoms. The molecule has 0 aromatic heterocycles. The Balaban J connectivity index is 2.05. The summed E-state index contributed by atoms with van der Waals surface area (Å²) in [5.41, 5.74) is 8.12. The topological polar surface area (TPSA) is 46.2 Å². The zero-order valence-electron chi connectivity index (χ0n) is 11.5. The lowest BCUT2D eigenvalue weighted by molar-refractivity contribution is 0.121. The van der Waals surface area contributed by atoms with Crippen molar-refractivity contribution < 1.29 is 5.11 Å². The van der Waals surface area contributed by atoms with E-state index in [1.165, 1.54) is 0 Å². The van der Waals surface area contributed by atoms with Gasteiger partial charge in [-0.15, -0.1) is 0 Å². The molecule has 0 saturated carbocycles. The minimum Gasteiger partial charge on any atom is -0.387 e. The number of nitrogens with two attached hydrogens (primary N) is 1. The van der Waals surface area contributed by atoms with Crippen LogP contribution in [0.1, 0.15) is 24.2 Å². The summed E-state index contributed by atoms with van der Waals surface area (Å²) in [6, 6.07) is 17.0. The lowest BCUT2D eigenvalue weighted by Gasteiger charge is -2.25. The maximum atomic E-state index is 10.3. The lowest BCUT2D eigenvalue weighted by atomic mass is 9.88. The van der Waals surface area contributed by atoms with Crippen LogP contribution in [0.4, 0.5) is 0 Å². The summed E-state index contributed by atoms with van der Waals surface area (Å²) in [4.78, 5) is 0. The van der Waals surface area contributed by atoms with E-state index in [9.17, 15) is 5.11 Å². The van der Waals surface area contributed by atoms with E-state index in [1.54, 1.807) is 0 Å². The highest BCUT2D eigenvalue weighted by Crippen LogP contribution is 2.25. The summed E-state index contributed by atoms with van der Waals surface area (Å²) in [6.45, 7) is 2.04. The smallest absolute Gasteiger partial charge is 0.0943 e. The van der Waals surface area contributed by atoms with Crippen LogP contribution in [0, 0.1) is 5.92 Å². The first kappa shape index (κ1) is 15.0. The van der Waals surface area contributed by atoms with Gasteiger partial charge in [-0.3, -0.25) is 0 Å². The van der Waals surface area contributed by atoms with Crippen LogP contribution in [-0.2, 0) is 6.42 Å². The molecule has 3 N–H and O–H groups in total. The maximum Gasteiger partial charge on any atom is 0.0943 e. The predicted molar refractivity (Wildman–Crippen MR) is 83.7 cm³/mol. The van der Waals surface area contributed by atoms with E-state index >= 15 is 0 Å². The van der Waals surface area contributed by atoms with Gasteiger partial charge in [0.15, 0.2) is 0 Å². The number of hydrogen-bond acceptors (Lipinski definition) is 2. The quantitative estimate of drug-likeness (QED) is 0.884. The molecule has 2 rings (SSSR count). The average molecular weight is 290 g/mol. The Morgan fingerprint density at radius 2 is 1.65 bits per heavy atom. The second-order valence-electron chi connectivity index (χ2n) is 5.21. The van der Waals surface area contributed by atoms with E-state index < -0.39 is 6.10 Å². The van der Waals surface area contributed by atoms with Crippen LogP contribution in [0.25, 0.3) is 0 Å². The molecule has 1 unspecified atom stereocenters. The van der Waals surface area contributed by atoms with Gasteiger partial charge in [-0.05, 0) is 29.5 Å². The molecule has 0 aliphatic rings. The summed E-state index contributed by atoms with van der Waals surface area (Å²) in [5, 5.41) is 11.1.